The molecule has 0 unspecified atom stereocenters. The van der Waals surface area contributed by atoms with Gasteiger partial charge in [-0.3, -0.25) is 0 Å². The molecule has 2 aromatic heterocycles. The molecule has 5 heteroatoms. The molecule has 0 fully saturated rings. The Morgan fingerprint density at radius 3 is 1.27 bits per heavy atom. The Kier molecular flexibility index (Phi) is 9.35. The minimum atomic E-state index is -2.33. The number of carbonyl (C=O) groups excluding carboxylic acids is 1. The average Bonchev–Trinajstić information content (AvgIpc) is 2.49. The molecule has 0 aliphatic heterocycles. The van der Waals surface area contributed by atoms with Crippen LogP contribution in [0.3, 0.4) is 0 Å². The van der Waals surface area contributed by atoms with Gasteiger partial charge in [0, 0.05) is 24.3 Å². The Bertz CT molecular complexity index is 537. The lowest BCUT2D eigenvalue weighted by atomic mass is 10.3. The minimum Gasteiger partial charge on any atom is -0.652 e. The van der Waals surface area contributed by atoms with Crippen molar-refractivity contribution in [2.75, 3.05) is 0 Å². The van der Waals surface area contributed by atoms with Gasteiger partial charge in [-0.1, -0.05) is 25.3 Å². The normalized spacial score (nSPS) is 8.45. The second kappa shape index (κ2) is 10.8. The molecule has 0 aliphatic rings. The molecule has 116 valence electrons. The lowest BCUT2D eigenvalue weighted by molar-refractivity contribution is -0.671. The minimum absolute atomic E-state index is 1.16. The van der Waals surface area contributed by atoms with E-state index in [1.54, 1.807) is 0 Å². The molecule has 2 heterocycles. The zero-order valence-electron chi connectivity index (χ0n) is 12.8. The number of aryl methyl sites for hydroxylation is 2. The third-order valence-electron chi connectivity index (χ3n) is 2.48. The second-order valence-electron chi connectivity index (χ2n) is 4.25. The van der Waals surface area contributed by atoms with E-state index in [0.29, 0.717) is 0 Å². The summed E-state index contributed by atoms with van der Waals surface area (Å²) in [6.07, 6.45) is 9.32. The van der Waals surface area contributed by atoms with Gasteiger partial charge in [0.25, 0.3) is 0 Å². The third kappa shape index (κ3) is 9.91. The van der Waals surface area contributed by atoms with Gasteiger partial charge in [0.15, 0.2) is 24.8 Å². The molecule has 0 aromatic carbocycles. The van der Waals surface area contributed by atoms with Crippen molar-refractivity contribution < 1.29 is 24.1 Å². The number of carboxylic acid groups (broad SMARTS) is 2. The number of nitrogens with zero attached hydrogens (tertiary/aromatic N) is 2. The second-order valence-corrected chi connectivity index (χ2v) is 4.25. The lowest BCUT2D eigenvalue weighted by Crippen LogP contribution is -2.37. The van der Waals surface area contributed by atoms with Crippen LogP contribution in [0.1, 0.15) is 11.1 Å². The summed E-state index contributed by atoms with van der Waals surface area (Å²) in [5.74, 6) is 0. The van der Waals surface area contributed by atoms with Crippen LogP contribution in [0.25, 0.3) is 12.2 Å². The van der Waals surface area contributed by atoms with Crippen LogP contribution >= 0.6 is 0 Å². The highest BCUT2D eigenvalue weighted by Gasteiger charge is 1.88. The van der Waals surface area contributed by atoms with Gasteiger partial charge in [-0.2, -0.15) is 0 Å². The Hall–Kier alpha value is -2.95. The fraction of sp³-hybridized carbons (Fsp3) is 0.118. The molecule has 0 atom stereocenters. The molecular weight excluding hydrogens is 280 g/mol. The van der Waals surface area contributed by atoms with Gasteiger partial charge in [-0.15, -0.1) is 0 Å². The maximum absolute atomic E-state index is 8.33. The molecule has 0 aliphatic carbocycles. The van der Waals surface area contributed by atoms with Crippen molar-refractivity contribution in [3.05, 3.63) is 73.3 Å². The summed E-state index contributed by atoms with van der Waals surface area (Å²) in [5.41, 5.74) is 2.32. The van der Waals surface area contributed by atoms with Gasteiger partial charge in [0.1, 0.15) is 14.1 Å². The summed E-state index contributed by atoms with van der Waals surface area (Å²) in [7, 11) is 3.99. The van der Waals surface area contributed by atoms with Crippen molar-refractivity contribution in [2.45, 2.75) is 0 Å². The summed E-state index contributed by atoms with van der Waals surface area (Å²) in [6.45, 7) is 7.30. The third-order valence-corrected chi connectivity index (χ3v) is 2.48. The van der Waals surface area contributed by atoms with E-state index < -0.39 is 6.16 Å². The number of carbonyl (C=O) groups is 1. The molecule has 2 aromatic rings. The van der Waals surface area contributed by atoms with Crippen molar-refractivity contribution in [1.82, 2.24) is 0 Å². The average molecular weight is 300 g/mol. The van der Waals surface area contributed by atoms with Crippen molar-refractivity contribution in [3.8, 4) is 0 Å². The van der Waals surface area contributed by atoms with Gasteiger partial charge in [0.2, 0.25) is 0 Å². The first-order valence-electron chi connectivity index (χ1n) is 6.42. The molecule has 0 bridgehead atoms. The van der Waals surface area contributed by atoms with E-state index in [1.807, 2.05) is 84.4 Å². The van der Waals surface area contributed by atoms with Crippen LogP contribution < -0.4 is 19.3 Å². The van der Waals surface area contributed by atoms with E-state index in [2.05, 4.69) is 13.2 Å². The van der Waals surface area contributed by atoms with Crippen molar-refractivity contribution in [3.63, 3.8) is 0 Å². The van der Waals surface area contributed by atoms with Crippen LogP contribution in [-0.2, 0) is 14.1 Å². The summed E-state index contributed by atoms with van der Waals surface area (Å²) in [4.78, 5) is 8.33. The Balaban J connectivity index is 0.000000326. The molecule has 0 amide bonds. The van der Waals surface area contributed by atoms with E-state index in [0.717, 1.165) is 11.1 Å². The number of rotatable bonds is 2. The van der Waals surface area contributed by atoms with E-state index in [1.165, 1.54) is 0 Å². The molecule has 0 radical (unpaired) electrons. The monoisotopic (exact) mass is 300 g/mol. The van der Waals surface area contributed by atoms with Gasteiger partial charge in [-0.05, 0) is 17.3 Å². The first kappa shape index (κ1) is 19.1. The highest BCUT2D eigenvalue weighted by Crippen LogP contribution is 1.94. The predicted octanol–water partition coefficient (Wildman–Crippen LogP) is -0.139. The van der Waals surface area contributed by atoms with Crippen LogP contribution in [0.4, 0.5) is 4.79 Å². The smallest absolute Gasteiger partial charge is 0.169 e. The standard InChI is InChI=1S/2C8H10N.CH2O3/c2*1-3-8-4-6-9(2)7-5-8;2-1(3)4/h2*3-7H,1H2,2H3;(H2,2,3,4)/q2*+1;/p-2. The van der Waals surface area contributed by atoms with Crippen LogP contribution in [0, 0.1) is 0 Å². The molecule has 0 spiro atoms. The van der Waals surface area contributed by atoms with E-state index in [9.17, 15) is 0 Å². The highest BCUT2D eigenvalue weighted by molar-refractivity contribution is 5.47. The van der Waals surface area contributed by atoms with Crippen LogP contribution in [0.2, 0.25) is 0 Å². The fourth-order valence-electron chi connectivity index (χ4n) is 1.30. The van der Waals surface area contributed by atoms with E-state index in [-0.39, 0.29) is 0 Å². The summed E-state index contributed by atoms with van der Waals surface area (Å²) >= 11 is 0. The van der Waals surface area contributed by atoms with Crippen LogP contribution in [-0.4, -0.2) is 6.16 Å². The van der Waals surface area contributed by atoms with Gasteiger partial charge in [-0.25, -0.2) is 9.13 Å². The van der Waals surface area contributed by atoms with Crippen LogP contribution in [0.5, 0.6) is 0 Å². The van der Waals surface area contributed by atoms with Gasteiger partial charge in [0.05, 0.1) is 0 Å². The maximum atomic E-state index is 8.33. The molecule has 0 saturated carbocycles. The lowest BCUT2D eigenvalue weighted by Gasteiger charge is -1.96. The van der Waals surface area contributed by atoms with E-state index >= 15 is 0 Å². The Labute approximate surface area is 130 Å². The number of hydrogen-bond donors (Lipinski definition) is 0. The largest absolute Gasteiger partial charge is 0.652 e. The Morgan fingerprint density at radius 1 is 0.864 bits per heavy atom. The molecule has 2 rings (SSSR count). The maximum Gasteiger partial charge on any atom is 0.169 e. The molecule has 22 heavy (non-hydrogen) atoms. The number of aromatic nitrogens is 2. The van der Waals surface area contributed by atoms with Crippen molar-refractivity contribution in [2.24, 2.45) is 14.1 Å². The summed E-state index contributed by atoms with van der Waals surface area (Å²) in [6, 6.07) is 8.08. The zero-order chi connectivity index (χ0) is 17.0. The SMILES string of the molecule is C=Cc1cc[n+](C)cc1.C=Cc1cc[n+](C)cc1.O=C([O-])[O-]. The number of pyridine rings is 2. The first-order valence-corrected chi connectivity index (χ1v) is 6.42. The zero-order valence-corrected chi connectivity index (χ0v) is 12.8. The molecule has 0 N–H and O–H groups in total. The van der Waals surface area contributed by atoms with E-state index in [4.69, 9.17) is 15.0 Å². The van der Waals surface area contributed by atoms with Crippen LogP contribution in [0.15, 0.2) is 62.2 Å². The summed E-state index contributed by atoms with van der Waals surface area (Å²) < 4.78 is 3.99. The van der Waals surface area contributed by atoms with Crippen molar-refractivity contribution >= 4 is 18.3 Å². The molecule has 0 saturated heterocycles. The molecule has 5 nitrogen and oxygen atoms in total. The number of hydrogen-bond acceptors (Lipinski definition) is 3. The predicted molar refractivity (Wildman–Crippen MR) is 80.8 cm³/mol. The first-order chi connectivity index (χ1) is 10.4. The fourth-order valence-corrected chi connectivity index (χ4v) is 1.30. The van der Waals surface area contributed by atoms with Gasteiger partial charge >= 0.3 is 0 Å². The Morgan fingerprint density at radius 2 is 1.09 bits per heavy atom. The highest BCUT2D eigenvalue weighted by atomic mass is 16.6. The van der Waals surface area contributed by atoms with Gasteiger partial charge < -0.3 is 15.0 Å². The van der Waals surface area contributed by atoms with Crippen molar-refractivity contribution in [1.29, 1.82) is 0 Å². The summed E-state index contributed by atoms with van der Waals surface area (Å²) in [5, 5.41) is 16.7. The topological polar surface area (TPSA) is 71.0 Å². The molecular formula is C17H20N2O3. The quantitative estimate of drug-likeness (QED) is 0.725.